The number of hydrogen-bond acceptors (Lipinski definition) is 4. The van der Waals surface area contributed by atoms with Crippen molar-refractivity contribution in [2.45, 2.75) is 26.7 Å². The maximum atomic E-state index is 9.83. The van der Waals surface area contributed by atoms with Gasteiger partial charge in [-0.05, 0) is 78.0 Å². The van der Waals surface area contributed by atoms with Gasteiger partial charge in [-0.3, -0.25) is 0 Å². The third-order valence-corrected chi connectivity index (χ3v) is 5.88. The average Bonchev–Trinajstić information content (AvgIpc) is 2.86. The first-order chi connectivity index (χ1) is 16.2. The van der Waals surface area contributed by atoms with Gasteiger partial charge in [-0.25, -0.2) is 0 Å². The molecule has 0 saturated carbocycles. The Bertz CT molecular complexity index is 991. The van der Waals surface area contributed by atoms with E-state index < -0.39 is 0 Å². The van der Waals surface area contributed by atoms with Crippen molar-refractivity contribution >= 4 is 11.1 Å². The van der Waals surface area contributed by atoms with Gasteiger partial charge >= 0.3 is 0 Å². The lowest BCUT2D eigenvalue weighted by atomic mass is 9.87. The monoisotopic (exact) mass is 445 g/mol. The van der Waals surface area contributed by atoms with Crippen molar-refractivity contribution in [3.05, 3.63) is 95.6 Å². The minimum Gasteiger partial charge on any atom is -0.508 e. The van der Waals surface area contributed by atoms with E-state index in [-0.39, 0.29) is 12.4 Å². The minimum atomic E-state index is 0.137. The van der Waals surface area contributed by atoms with Crippen molar-refractivity contribution in [3.8, 4) is 11.5 Å². The van der Waals surface area contributed by atoms with Crippen LogP contribution in [-0.4, -0.2) is 48.0 Å². The van der Waals surface area contributed by atoms with Crippen molar-refractivity contribution < 1.29 is 14.9 Å². The van der Waals surface area contributed by atoms with Crippen LogP contribution in [0.15, 0.2) is 78.9 Å². The number of phenols is 1. The van der Waals surface area contributed by atoms with E-state index in [4.69, 9.17) is 4.74 Å². The summed E-state index contributed by atoms with van der Waals surface area (Å²) in [7, 11) is 0. The summed E-state index contributed by atoms with van der Waals surface area (Å²) in [4.78, 5) is 2.34. The Morgan fingerprint density at radius 1 is 0.788 bits per heavy atom. The Morgan fingerprint density at radius 2 is 1.39 bits per heavy atom. The van der Waals surface area contributed by atoms with Crippen LogP contribution in [0.2, 0.25) is 0 Å². The third-order valence-electron chi connectivity index (χ3n) is 5.88. The number of nitrogens with zero attached hydrogens (tertiary/aromatic N) is 1. The SMILES string of the molecule is CCN(CC)CCOc1ccc(C(=C(CCCO)c2ccccc2)c2ccc(O)cc2)cc1. The van der Waals surface area contributed by atoms with Crippen molar-refractivity contribution in [1.29, 1.82) is 0 Å². The van der Waals surface area contributed by atoms with E-state index in [1.54, 1.807) is 12.1 Å². The fourth-order valence-electron chi connectivity index (χ4n) is 4.00. The van der Waals surface area contributed by atoms with Crippen LogP contribution >= 0.6 is 0 Å². The molecule has 4 nitrogen and oxygen atoms in total. The third kappa shape index (κ3) is 6.95. The summed E-state index contributed by atoms with van der Waals surface area (Å²) >= 11 is 0. The zero-order valence-corrected chi connectivity index (χ0v) is 19.7. The van der Waals surface area contributed by atoms with E-state index in [1.165, 1.54) is 5.57 Å². The highest BCUT2D eigenvalue weighted by Crippen LogP contribution is 2.36. The van der Waals surface area contributed by atoms with Gasteiger partial charge in [0.2, 0.25) is 0 Å². The van der Waals surface area contributed by atoms with Crippen molar-refractivity contribution in [3.63, 3.8) is 0 Å². The number of hydrogen-bond donors (Lipinski definition) is 2. The molecule has 0 amide bonds. The molecule has 0 aliphatic heterocycles. The highest BCUT2D eigenvalue weighted by Gasteiger charge is 2.14. The van der Waals surface area contributed by atoms with Crippen LogP contribution in [0.5, 0.6) is 11.5 Å². The largest absolute Gasteiger partial charge is 0.508 e. The molecule has 0 fully saturated rings. The number of allylic oxidation sites excluding steroid dienone is 1. The molecule has 0 atom stereocenters. The highest BCUT2D eigenvalue weighted by atomic mass is 16.5. The van der Waals surface area contributed by atoms with Gasteiger partial charge in [0.15, 0.2) is 0 Å². The van der Waals surface area contributed by atoms with E-state index >= 15 is 0 Å². The molecule has 33 heavy (non-hydrogen) atoms. The summed E-state index contributed by atoms with van der Waals surface area (Å²) in [6.07, 6.45) is 1.43. The van der Waals surface area contributed by atoms with Gasteiger partial charge < -0.3 is 19.8 Å². The number of likely N-dealkylation sites (N-methyl/N-ethyl adjacent to an activating group) is 1. The lowest BCUT2D eigenvalue weighted by Gasteiger charge is -2.19. The molecule has 0 aromatic heterocycles. The topological polar surface area (TPSA) is 52.9 Å². The number of rotatable bonds is 12. The number of aliphatic hydroxyl groups is 1. The van der Waals surface area contributed by atoms with Crippen LogP contribution in [0.25, 0.3) is 11.1 Å². The number of aromatic hydroxyl groups is 1. The Kier molecular flexibility index (Phi) is 9.55. The van der Waals surface area contributed by atoms with Gasteiger partial charge in [-0.2, -0.15) is 0 Å². The molecule has 3 aromatic carbocycles. The molecule has 0 saturated heterocycles. The minimum absolute atomic E-state index is 0.137. The van der Waals surface area contributed by atoms with Crippen LogP contribution in [0.1, 0.15) is 43.4 Å². The maximum Gasteiger partial charge on any atom is 0.119 e. The molecule has 0 bridgehead atoms. The van der Waals surface area contributed by atoms with Crippen LogP contribution in [0.4, 0.5) is 0 Å². The van der Waals surface area contributed by atoms with E-state index in [9.17, 15) is 10.2 Å². The van der Waals surface area contributed by atoms with Gasteiger partial charge in [0.05, 0.1) is 0 Å². The Morgan fingerprint density at radius 3 is 1.97 bits per heavy atom. The van der Waals surface area contributed by atoms with E-state index in [0.29, 0.717) is 13.0 Å². The molecule has 0 aliphatic carbocycles. The Balaban J connectivity index is 1.97. The molecule has 0 heterocycles. The molecule has 2 N–H and O–H groups in total. The van der Waals surface area contributed by atoms with E-state index in [2.05, 4.69) is 43.0 Å². The zero-order chi connectivity index (χ0) is 23.5. The predicted octanol–water partition coefficient (Wildman–Crippen LogP) is 5.84. The van der Waals surface area contributed by atoms with Gasteiger partial charge in [-0.15, -0.1) is 0 Å². The molecular weight excluding hydrogens is 410 g/mol. The van der Waals surface area contributed by atoms with Crippen LogP contribution in [0, 0.1) is 0 Å². The molecular formula is C29H35NO3. The fraction of sp³-hybridized carbons (Fsp3) is 0.310. The quantitative estimate of drug-likeness (QED) is 0.344. The second-order valence-corrected chi connectivity index (χ2v) is 7.99. The van der Waals surface area contributed by atoms with Crippen LogP contribution < -0.4 is 4.74 Å². The first kappa shape index (κ1) is 24.6. The second kappa shape index (κ2) is 12.8. The van der Waals surface area contributed by atoms with E-state index in [0.717, 1.165) is 54.1 Å². The van der Waals surface area contributed by atoms with Crippen molar-refractivity contribution in [2.75, 3.05) is 32.8 Å². The Hall–Kier alpha value is -3.08. The van der Waals surface area contributed by atoms with Crippen molar-refractivity contribution in [2.24, 2.45) is 0 Å². The summed E-state index contributed by atoms with van der Waals surface area (Å²) < 4.78 is 5.98. The summed E-state index contributed by atoms with van der Waals surface area (Å²) in [5.41, 5.74) is 5.51. The van der Waals surface area contributed by atoms with Crippen LogP contribution in [-0.2, 0) is 0 Å². The molecule has 174 valence electrons. The van der Waals surface area contributed by atoms with Gasteiger partial charge in [-0.1, -0.05) is 68.4 Å². The normalized spacial score (nSPS) is 12.0. The fourth-order valence-corrected chi connectivity index (χ4v) is 4.00. The highest BCUT2D eigenvalue weighted by molar-refractivity contribution is 5.98. The lowest BCUT2D eigenvalue weighted by molar-refractivity contribution is 0.223. The van der Waals surface area contributed by atoms with Gasteiger partial charge in [0, 0.05) is 13.2 Å². The average molecular weight is 446 g/mol. The molecule has 3 aromatic rings. The van der Waals surface area contributed by atoms with E-state index in [1.807, 2.05) is 42.5 Å². The van der Waals surface area contributed by atoms with Gasteiger partial charge in [0.25, 0.3) is 0 Å². The van der Waals surface area contributed by atoms with Crippen LogP contribution in [0.3, 0.4) is 0 Å². The number of aliphatic hydroxyl groups excluding tert-OH is 1. The number of phenolic OH excluding ortho intramolecular Hbond substituents is 1. The maximum absolute atomic E-state index is 9.83. The number of benzene rings is 3. The molecule has 0 unspecified atom stereocenters. The van der Waals surface area contributed by atoms with Crippen molar-refractivity contribution in [1.82, 2.24) is 4.90 Å². The summed E-state index contributed by atoms with van der Waals surface area (Å²) in [6.45, 7) is 8.08. The lowest BCUT2D eigenvalue weighted by Crippen LogP contribution is -2.27. The molecule has 3 rings (SSSR count). The standard InChI is InChI=1S/C29H35NO3/c1-3-30(4-2)20-22-33-27-18-14-25(15-19-27)29(24-12-16-26(32)17-13-24)28(11-8-21-31)23-9-6-5-7-10-23/h5-7,9-10,12-19,31-32H,3-4,8,11,20-22H2,1-2H3. The first-order valence-corrected chi connectivity index (χ1v) is 11.8. The molecule has 0 radical (unpaired) electrons. The van der Waals surface area contributed by atoms with Gasteiger partial charge in [0.1, 0.15) is 18.1 Å². The number of ether oxygens (including phenoxy) is 1. The molecule has 4 heteroatoms. The molecule has 0 aliphatic rings. The summed E-state index contributed by atoms with van der Waals surface area (Å²) in [5.74, 6) is 1.10. The molecule has 0 spiro atoms. The second-order valence-electron chi connectivity index (χ2n) is 7.99. The summed E-state index contributed by atoms with van der Waals surface area (Å²) in [6, 6.07) is 25.9. The Labute approximate surface area is 197 Å². The predicted molar refractivity (Wildman–Crippen MR) is 137 cm³/mol. The first-order valence-electron chi connectivity index (χ1n) is 11.8. The summed E-state index contributed by atoms with van der Waals surface area (Å²) in [5, 5.41) is 19.4. The zero-order valence-electron chi connectivity index (χ0n) is 19.7. The smallest absolute Gasteiger partial charge is 0.119 e.